The van der Waals surface area contributed by atoms with Crippen LogP contribution >= 0.6 is 11.8 Å². The van der Waals surface area contributed by atoms with E-state index in [2.05, 4.69) is 46.2 Å². The minimum absolute atomic E-state index is 0.700. The first-order valence-corrected chi connectivity index (χ1v) is 8.59. The predicted molar refractivity (Wildman–Crippen MR) is 92.1 cm³/mol. The van der Waals surface area contributed by atoms with Crippen LogP contribution in [0, 0.1) is 6.92 Å². The Morgan fingerprint density at radius 3 is 3.00 bits per heavy atom. The lowest BCUT2D eigenvalue weighted by molar-refractivity contribution is 0.456. The van der Waals surface area contributed by atoms with E-state index in [-0.39, 0.29) is 0 Å². The van der Waals surface area contributed by atoms with Crippen molar-refractivity contribution in [3.8, 4) is 0 Å². The summed E-state index contributed by atoms with van der Waals surface area (Å²) < 4.78 is 0. The molecule has 0 amide bonds. The van der Waals surface area contributed by atoms with E-state index >= 15 is 0 Å². The van der Waals surface area contributed by atoms with E-state index in [0.29, 0.717) is 5.96 Å². The SMILES string of the molecule is Cc1ccc2c(CCN=C(N)N3CCSCC3)c[nH]c2c1. The van der Waals surface area contributed by atoms with Gasteiger partial charge in [-0.15, -0.1) is 0 Å². The largest absolute Gasteiger partial charge is 0.370 e. The van der Waals surface area contributed by atoms with Crippen LogP contribution in [-0.2, 0) is 6.42 Å². The number of hydrogen-bond donors (Lipinski definition) is 2. The number of benzene rings is 1. The lowest BCUT2D eigenvalue weighted by Crippen LogP contribution is -2.42. The van der Waals surface area contributed by atoms with Crippen LogP contribution in [0.1, 0.15) is 11.1 Å². The molecule has 4 nitrogen and oxygen atoms in total. The highest BCUT2D eigenvalue weighted by atomic mass is 32.2. The number of aromatic amines is 1. The zero-order chi connectivity index (χ0) is 14.7. The molecule has 1 aliphatic rings. The molecule has 21 heavy (non-hydrogen) atoms. The third kappa shape index (κ3) is 3.35. The van der Waals surface area contributed by atoms with E-state index in [4.69, 9.17) is 5.73 Å². The number of aryl methyl sites for hydroxylation is 1. The molecule has 0 spiro atoms. The molecule has 2 aromatic rings. The first-order valence-electron chi connectivity index (χ1n) is 7.43. The van der Waals surface area contributed by atoms with Crippen molar-refractivity contribution in [3.63, 3.8) is 0 Å². The minimum Gasteiger partial charge on any atom is -0.370 e. The van der Waals surface area contributed by atoms with Crippen LogP contribution in [0.15, 0.2) is 29.4 Å². The molecule has 0 aliphatic carbocycles. The number of aliphatic imine (C=N–C) groups is 1. The summed E-state index contributed by atoms with van der Waals surface area (Å²) in [5.41, 5.74) is 9.88. The number of nitrogens with zero attached hydrogens (tertiary/aromatic N) is 2. The Morgan fingerprint density at radius 2 is 2.19 bits per heavy atom. The van der Waals surface area contributed by atoms with Crippen molar-refractivity contribution < 1.29 is 0 Å². The van der Waals surface area contributed by atoms with Gasteiger partial charge in [-0.05, 0) is 30.5 Å². The van der Waals surface area contributed by atoms with E-state index in [1.807, 2.05) is 11.8 Å². The zero-order valence-electron chi connectivity index (χ0n) is 12.4. The monoisotopic (exact) mass is 302 g/mol. The molecule has 1 aromatic heterocycles. The second-order valence-corrected chi connectivity index (χ2v) is 6.68. The van der Waals surface area contributed by atoms with E-state index in [0.717, 1.165) is 37.6 Å². The fourth-order valence-corrected chi connectivity index (χ4v) is 3.59. The second kappa shape index (κ2) is 6.43. The van der Waals surface area contributed by atoms with Gasteiger partial charge in [-0.3, -0.25) is 4.99 Å². The molecular formula is C16H22N4S. The highest BCUT2D eigenvalue weighted by molar-refractivity contribution is 7.99. The van der Waals surface area contributed by atoms with Crippen LogP contribution in [0.25, 0.3) is 10.9 Å². The maximum absolute atomic E-state index is 6.08. The number of nitrogens with one attached hydrogen (secondary N) is 1. The standard InChI is InChI=1S/C16H22N4S/c1-12-2-3-14-13(11-19-15(14)10-12)4-5-18-16(17)20-6-8-21-9-7-20/h2-3,10-11,19H,4-9H2,1H3,(H2,17,18). The molecule has 0 saturated carbocycles. The third-order valence-corrected chi connectivity index (χ3v) is 4.86. The van der Waals surface area contributed by atoms with E-state index in [1.54, 1.807) is 0 Å². The summed E-state index contributed by atoms with van der Waals surface area (Å²) in [6.45, 7) is 4.90. The minimum atomic E-state index is 0.700. The van der Waals surface area contributed by atoms with E-state index < -0.39 is 0 Å². The maximum atomic E-state index is 6.08. The molecule has 0 bridgehead atoms. The van der Waals surface area contributed by atoms with Gasteiger partial charge in [0.1, 0.15) is 0 Å². The molecule has 1 aromatic carbocycles. The van der Waals surface area contributed by atoms with Crippen molar-refractivity contribution in [1.29, 1.82) is 0 Å². The van der Waals surface area contributed by atoms with Crippen LogP contribution in [0.4, 0.5) is 0 Å². The Balaban J connectivity index is 1.63. The van der Waals surface area contributed by atoms with Gasteiger partial charge in [0, 0.05) is 48.2 Å². The lowest BCUT2D eigenvalue weighted by Gasteiger charge is -2.27. The number of aromatic nitrogens is 1. The molecule has 0 atom stereocenters. The van der Waals surface area contributed by atoms with Crippen LogP contribution in [0.3, 0.4) is 0 Å². The number of hydrogen-bond acceptors (Lipinski definition) is 2. The summed E-state index contributed by atoms with van der Waals surface area (Å²) >= 11 is 1.98. The van der Waals surface area contributed by atoms with Crippen LogP contribution in [0.2, 0.25) is 0 Å². The highest BCUT2D eigenvalue weighted by Crippen LogP contribution is 2.20. The van der Waals surface area contributed by atoms with Crippen molar-refractivity contribution in [2.75, 3.05) is 31.1 Å². The molecule has 5 heteroatoms. The summed E-state index contributed by atoms with van der Waals surface area (Å²) in [4.78, 5) is 10.1. The number of thioether (sulfide) groups is 1. The lowest BCUT2D eigenvalue weighted by atomic mass is 10.1. The van der Waals surface area contributed by atoms with Crippen molar-refractivity contribution in [3.05, 3.63) is 35.5 Å². The van der Waals surface area contributed by atoms with Crippen LogP contribution in [-0.4, -0.2) is 47.0 Å². The van der Waals surface area contributed by atoms with E-state index in [1.165, 1.54) is 22.0 Å². The quantitative estimate of drug-likeness (QED) is 0.676. The van der Waals surface area contributed by atoms with Gasteiger partial charge in [0.15, 0.2) is 5.96 Å². The molecule has 112 valence electrons. The molecule has 1 aliphatic heterocycles. The summed E-state index contributed by atoms with van der Waals surface area (Å²) in [6, 6.07) is 6.52. The van der Waals surface area contributed by atoms with Gasteiger partial charge in [-0.1, -0.05) is 12.1 Å². The first-order chi connectivity index (χ1) is 10.2. The molecule has 2 heterocycles. The maximum Gasteiger partial charge on any atom is 0.191 e. The summed E-state index contributed by atoms with van der Waals surface area (Å²) in [6.07, 6.45) is 3.01. The summed E-state index contributed by atoms with van der Waals surface area (Å²) in [7, 11) is 0. The smallest absolute Gasteiger partial charge is 0.191 e. The molecule has 1 fully saturated rings. The Kier molecular flexibility index (Phi) is 4.39. The van der Waals surface area contributed by atoms with Crippen molar-refractivity contribution in [2.45, 2.75) is 13.3 Å². The topological polar surface area (TPSA) is 57.4 Å². The van der Waals surface area contributed by atoms with Gasteiger partial charge in [-0.2, -0.15) is 11.8 Å². The Hall–Kier alpha value is -1.62. The van der Waals surface area contributed by atoms with Gasteiger partial charge >= 0.3 is 0 Å². The van der Waals surface area contributed by atoms with Crippen LogP contribution < -0.4 is 5.73 Å². The molecule has 0 unspecified atom stereocenters. The van der Waals surface area contributed by atoms with Gasteiger partial charge in [0.2, 0.25) is 0 Å². The molecular weight excluding hydrogens is 280 g/mol. The van der Waals surface area contributed by atoms with Gasteiger partial charge in [-0.25, -0.2) is 0 Å². The van der Waals surface area contributed by atoms with Crippen LogP contribution in [0.5, 0.6) is 0 Å². The van der Waals surface area contributed by atoms with E-state index in [9.17, 15) is 0 Å². The third-order valence-electron chi connectivity index (χ3n) is 3.91. The van der Waals surface area contributed by atoms with Gasteiger partial charge in [0.25, 0.3) is 0 Å². The predicted octanol–water partition coefficient (Wildman–Crippen LogP) is 2.38. The van der Waals surface area contributed by atoms with Crippen molar-refractivity contribution in [1.82, 2.24) is 9.88 Å². The number of nitrogens with two attached hydrogens (primary N) is 1. The van der Waals surface area contributed by atoms with Crippen molar-refractivity contribution in [2.24, 2.45) is 10.7 Å². The Labute approximate surface area is 129 Å². The Morgan fingerprint density at radius 1 is 1.38 bits per heavy atom. The molecule has 1 saturated heterocycles. The van der Waals surface area contributed by atoms with Crippen molar-refractivity contribution >= 4 is 28.6 Å². The molecule has 3 N–H and O–H groups in total. The molecule has 3 rings (SSSR count). The second-order valence-electron chi connectivity index (χ2n) is 5.45. The highest BCUT2D eigenvalue weighted by Gasteiger charge is 2.12. The summed E-state index contributed by atoms with van der Waals surface area (Å²) in [5.74, 6) is 3.00. The fourth-order valence-electron chi connectivity index (χ4n) is 2.69. The number of rotatable bonds is 3. The average Bonchev–Trinajstić information content (AvgIpc) is 2.90. The number of fused-ring (bicyclic) bond motifs is 1. The average molecular weight is 302 g/mol. The number of H-pyrrole nitrogens is 1. The van der Waals surface area contributed by atoms with Gasteiger partial charge in [0.05, 0.1) is 0 Å². The molecule has 0 radical (unpaired) electrons. The normalized spacial score (nSPS) is 16.6. The first kappa shape index (κ1) is 14.3. The fraction of sp³-hybridized carbons (Fsp3) is 0.438. The Bertz CT molecular complexity index is 641. The van der Waals surface area contributed by atoms with Gasteiger partial charge < -0.3 is 15.6 Å². The number of guanidine groups is 1. The summed E-state index contributed by atoms with van der Waals surface area (Å²) in [5, 5.41) is 1.30. The zero-order valence-corrected chi connectivity index (χ0v) is 13.2.